The van der Waals surface area contributed by atoms with Crippen molar-refractivity contribution in [3.63, 3.8) is 0 Å². The summed E-state index contributed by atoms with van der Waals surface area (Å²) in [6, 6.07) is 0.139. The molecule has 0 radical (unpaired) electrons. The third-order valence-electron chi connectivity index (χ3n) is 3.33. The highest BCUT2D eigenvalue weighted by molar-refractivity contribution is 5.88. The zero-order valence-electron chi connectivity index (χ0n) is 12.3. The summed E-state index contributed by atoms with van der Waals surface area (Å²) in [7, 11) is 0. The molecule has 8 heteroatoms. The van der Waals surface area contributed by atoms with Crippen LogP contribution in [0.5, 0.6) is 0 Å². The summed E-state index contributed by atoms with van der Waals surface area (Å²) < 4.78 is 11.5. The minimum Gasteiger partial charge on any atom is -0.461 e. The van der Waals surface area contributed by atoms with Gasteiger partial charge in [0.2, 0.25) is 5.91 Å². The molecule has 0 atom stereocenters. The maximum Gasteiger partial charge on any atom is 0.360 e. The number of carbonyl (C=O) groups excluding carboxylic acids is 2. The van der Waals surface area contributed by atoms with E-state index >= 15 is 0 Å². The van der Waals surface area contributed by atoms with E-state index in [1.165, 1.54) is 4.68 Å². The molecule has 1 amide bonds. The molecule has 1 aromatic heterocycles. The second-order valence-electron chi connectivity index (χ2n) is 4.86. The third kappa shape index (κ3) is 4.01. The van der Waals surface area contributed by atoms with Crippen molar-refractivity contribution in [1.82, 2.24) is 20.3 Å². The Labute approximate surface area is 122 Å². The van der Waals surface area contributed by atoms with Crippen LogP contribution >= 0.6 is 0 Å². The van der Waals surface area contributed by atoms with Crippen molar-refractivity contribution in [2.24, 2.45) is 0 Å². The van der Waals surface area contributed by atoms with Gasteiger partial charge in [0, 0.05) is 19.3 Å². The van der Waals surface area contributed by atoms with Gasteiger partial charge in [-0.05, 0) is 26.7 Å². The summed E-state index contributed by atoms with van der Waals surface area (Å²) in [4.78, 5) is 23.6. The van der Waals surface area contributed by atoms with E-state index in [4.69, 9.17) is 9.47 Å². The lowest BCUT2D eigenvalue weighted by atomic mass is 10.1. The van der Waals surface area contributed by atoms with E-state index in [1.807, 2.05) is 0 Å². The van der Waals surface area contributed by atoms with E-state index in [9.17, 15) is 9.59 Å². The second-order valence-corrected chi connectivity index (χ2v) is 4.86. The molecule has 8 nitrogen and oxygen atoms in total. The maximum absolute atomic E-state index is 12.0. The van der Waals surface area contributed by atoms with Gasteiger partial charge in [-0.3, -0.25) is 4.79 Å². The molecule has 0 aromatic carbocycles. The Morgan fingerprint density at radius 1 is 1.43 bits per heavy atom. The Kier molecular flexibility index (Phi) is 5.26. The van der Waals surface area contributed by atoms with Crippen LogP contribution in [-0.4, -0.2) is 52.7 Å². The number of ether oxygens (including phenoxy) is 2. The van der Waals surface area contributed by atoms with E-state index in [0.29, 0.717) is 18.9 Å². The van der Waals surface area contributed by atoms with E-state index in [2.05, 4.69) is 15.6 Å². The molecule has 1 aromatic rings. The fourth-order valence-electron chi connectivity index (χ4n) is 2.15. The number of hydrogen-bond acceptors (Lipinski definition) is 6. The fourth-order valence-corrected chi connectivity index (χ4v) is 2.15. The Bertz CT molecular complexity index is 508. The van der Waals surface area contributed by atoms with Gasteiger partial charge < -0.3 is 14.8 Å². The van der Waals surface area contributed by atoms with Crippen molar-refractivity contribution in [3.8, 4) is 0 Å². The van der Waals surface area contributed by atoms with Crippen molar-refractivity contribution in [3.05, 3.63) is 11.4 Å². The van der Waals surface area contributed by atoms with Gasteiger partial charge in [-0.1, -0.05) is 5.21 Å². The van der Waals surface area contributed by atoms with Crippen LogP contribution in [0.1, 0.15) is 35.9 Å². The summed E-state index contributed by atoms with van der Waals surface area (Å²) in [5, 5.41) is 10.5. The van der Waals surface area contributed by atoms with Crippen molar-refractivity contribution in [2.75, 3.05) is 19.8 Å². The van der Waals surface area contributed by atoms with Crippen LogP contribution in [0, 0.1) is 6.92 Å². The van der Waals surface area contributed by atoms with Crippen LogP contribution in [0.15, 0.2) is 0 Å². The lowest BCUT2D eigenvalue weighted by Gasteiger charge is -2.23. The Balaban J connectivity index is 1.93. The summed E-state index contributed by atoms with van der Waals surface area (Å²) in [6.45, 7) is 5.05. The third-order valence-corrected chi connectivity index (χ3v) is 3.33. The zero-order valence-corrected chi connectivity index (χ0v) is 12.3. The smallest absolute Gasteiger partial charge is 0.360 e. The highest BCUT2D eigenvalue weighted by Gasteiger charge is 2.20. The zero-order chi connectivity index (χ0) is 15.2. The highest BCUT2D eigenvalue weighted by Crippen LogP contribution is 2.08. The van der Waals surface area contributed by atoms with Gasteiger partial charge in [0.05, 0.1) is 12.3 Å². The average molecular weight is 296 g/mol. The molecule has 0 bridgehead atoms. The standard InChI is InChI=1S/C13H20N4O4/c1-3-21-13(19)12-9(2)17(16-15-12)8-11(18)14-10-4-6-20-7-5-10/h10H,3-8H2,1-2H3,(H,14,18). The van der Waals surface area contributed by atoms with E-state index in [1.54, 1.807) is 13.8 Å². The lowest BCUT2D eigenvalue weighted by Crippen LogP contribution is -2.40. The molecule has 1 saturated heterocycles. The Morgan fingerprint density at radius 2 is 2.14 bits per heavy atom. The van der Waals surface area contributed by atoms with Crippen LogP contribution < -0.4 is 5.32 Å². The largest absolute Gasteiger partial charge is 0.461 e. The Hall–Kier alpha value is -1.96. The van der Waals surface area contributed by atoms with E-state index < -0.39 is 5.97 Å². The molecular weight excluding hydrogens is 276 g/mol. The number of carbonyl (C=O) groups is 2. The fraction of sp³-hybridized carbons (Fsp3) is 0.692. The second kappa shape index (κ2) is 7.16. The van der Waals surface area contributed by atoms with Crippen molar-refractivity contribution in [2.45, 2.75) is 39.3 Å². The number of rotatable bonds is 5. The molecule has 116 valence electrons. The molecular formula is C13H20N4O4. The summed E-state index contributed by atoms with van der Waals surface area (Å²) in [5.74, 6) is -0.670. The topological polar surface area (TPSA) is 95.3 Å². The van der Waals surface area contributed by atoms with Gasteiger partial charge in [-0.15, -0.1) is 5.10 Å². The van der Waals surface area contributed by atoms with Crippen LogP contribution in [0.3, 0.4) is 0 Å². The molecule has 2 rings (SSSR count). The summed E-state index contributed by atoms with van der Waals surface area (Å²) >= 11 is 0. The van der Waals surface area contributed by atoms with Gasteiger partial charge in [-0.2, -0.15) is 0 Å². The first-order valence-corrected chi connectivity index (χ1v) is 7.06. The van der Waals surface area contributed by atoms with Crippen LogP contribution in [0.4, 0.5) is 0 Å². The van der Waals surface area contributed by atoms with Crippen molar-refractivity contribution in [1.29, 1.82) is 0 Å². The molecule has 1 aliphatic rings. The molecule has 0 aliphatic carbocycles. The maximum atomic E-state index is 12.0. The lowest BCUT2D eigenvalue weighted by molar-refractivity contribution is -0.123. The first-order chi connectivity index (χ1) is 10.1. The molecule has 0 spiro atoms. The summed E-state index contributed by atoms with van der Waals surface area (Å²) in [6.07, 6.45) is 1.63. The highest BCUT2D eigenvalue weighted by atomic mass is 16.5. The number of aromatic nitrogens is 3. The molecule has 21 heavy (non-hydrogen) atoms. The summed E-state index contributed by atoms with van der Waals surface area (Å²) in [5.41, 5.74) is 0.672. The van der Waals surface area contributed by atoms with Crippen molar-refractivity contribution < 1.29 is 19.1 Å². The van der Waals surface area contributed by atoms with Gasteiger partial charge in [0.1, 0.15) is 6.54 Å². The van der Waals surface area contributed by atoms with Gasteiger partial charge >= 0.3 is 5.97 Å². The number of hydrogen-bond donors (Lipinski definition) is 1. The van der Waals surface area contributed by atoms with Crippen LogP contribution in [-0.2, 0) is 20.8 Å². The van der Waals surface area contributed by atoms with Gasteiger partial charge in [-0.25, -0.2) is 9.48 Å². The molecule has 2 heterocycles. The quantitative estimate of drug-likeness (QED) is 0.772. The van der Waals surface area contributed by atoms with Gasteiger partial charge in [0.25, 0.3) is 0 Å². The van der Waals surface area contributed by atoms with E-state index in [0.717, 1.165) is 12.8 Å². The molecule has 1 fully saturated rings. The predicted octanol–water partition coefficient (Wildman–Crippen LogP) is 0.0584. The SMILES string of the molecule is CCOC(=O)c1nnn(CC(=O)NC2CCOCC2)c1C. The minimum atomic E-state index is -0.522. The normalized spacial score (nSPS) is 15.7. The Morgan fingerprint density at radius 3 is 2.81 bits per heavy atom. The van der Waals surface area contributed by atoms with E-state index in [-0.39, 0.29) is 30.8 Å². The number of nitrogens with zero attached hydrogens (tertiary/aromatic N) is 3. The molecule has 1 N–H and O–H groups in total. The first kappa shape index (κ1) is 15.4. The molecule has 0 saturated carbocycles. The first-order valence-electron chi connectivity index (χ1n) is 7.06. The molecule has 1 aliphatic heterocycles. The number of amides is 1. The van der Waals surface area contributed by atoms with Crippen LogP contribution in [0.2, 0.25) is 0 Å². The van der Waals surface area contributed by atoms with Crippen molar-refractivity contribution >= 4 is 11.9 Å². The molecule has 0 unspecified atom stereocenters. The minimum absolute atomic E-state index is 0.0373. The van der Waals surface area contributed by atoms with Crippen LogP contribution in [0.25, 0.3) is 0 Å². The predicted molar refractivity (Wildman–Crippen MR) is 72.7 cm³/mol. The number of esters is 1. The van der Waals surface area contributed by atoms with Gasteiger partial charge in [0.15, 0.2) is 5.69 Å². The monoisotopic (exact) mass is 296 g/mol. The number of nitrogens with one attached hydrogen (secondary N) is 1. The average Bonchev–Trinajstić information content (AvgIpc) is 2.81.